The normalized spacial score (nSPS) is 15.9. The zero-order valence-electron chi connectivity index (χ0n) is 18.0. The van der Waals surface area contributed by atoms with E-state index in [1.54, 1.807) is 0 Å². The van der Waals surface area contributed by atoms with Crippen molar-refractivity contribution in [2.75, 3.05) is 25.0 Å². The topological polar surface area (TPSA) is 165 Å². The number of carboxylic acids is 1. The molecule has 0 saturated heterocycles. The molecule has 0 fully saturated rings. The number of carboxylic acid groups (broad SMARTS) is 1. The number of hydrogen-bond acceptors (Lipinski definition) is 8. The summed E-state index contributed by atoms with van der Waals surface area (Å²) >= 11 is 9.12. The highest BCUT2D eigenvalue weighted by Gasteiger charge is 2.23. The highest BCUT2D eigenvalue weighted by molar-refractivity contribution is 9.10. The van der Waals surface area contributed by atoms with Gasteiger partial charge < -0.3 is 31.5 Å². The Bertz CT molecular complexity index is 1170. The van der Waals surface area contributed by atoms with Crippen LogP contribution in [0.2, 0.25) is 5.02 Å². The molecule has 2 atom stereocenters. The summed E-state index contributed by atoms with van der Waals surface area (Å²) < 4.78 is 13.4. The maximum absolute atomic E-state index is 13.2. The summed E-state index contributed by atoms with van der Waals surface area (Å²) in [5.41, 5.74) is 0.669. The summed E-state index contributed by atoms with van der Waals surface area (Å²) in [4.78, 5) is 44.2. The Kier molecular flexibility index (Phi) is 8.82. The number of aromatic hydroxyl groups is 1. The molecule has 2 heterocycles. The number of benzene rings is 1. The number of rotatable bonds is 8. The largest absolute Gasteiger partial charge is 0.506 e. The number of carbonyl (C=O) groups excluding carboxylic acids is 2. The fourth-order valence-corrected chi connectivity index (χ4v) is 3.98. The van der Waals surface area contributed by atoms with Crippen molar-refractivity contribution >= 4 is 57.0 Å². The lowest BCUT2D eigenvalue weighted by Crippen LogP contribution is -2.41. The highest BCUT2D eigenvalue weighted by Crippen LogP contribution is 2.36. The van der Waals surface area contributed by atoms with Gasteiger partial charge >= 0.3 is 5.97 Å². The van der Waals surface area contributed by atoms with Crippen LogP contribution < -0.4 is 21.3 Å². The number of guanidine groups is 1. The Morgan fingerprint density at radius 3 is 2.74 bits per heavy atom. The molecule has 6 N–H and O–H groups in total. The first-order valence-electron chi connectivity index (χ1n) is 10.2. The Morgan fingerprint density at radius 1 is 1.29 bits per heavy atom. The van der Waals surface area contributed by atoms with E-state index in [4.69, 9.17) is 11.6 Å². The number of halogens is 3. The Labute approximate surface area is 212 Å². The van der Waals surface area contributed by atoms with Crippen LogP contribution >= 0.6 is 27.5 Å². The Hall–Kier alpha value is -3.45. The Morgan fingerprint density at radius 2 is 2.06 bits per heavy atom. The van der Waals surface area contributed by atoms with E-state index in [1.807, 2.05) is 0 Å². The van der Waals surface area contributed by atoms with Crippen molar-refractivity contribution in [2.45, 2.75) is 18.6 Å². The van der Waals surface area contributed by atoms with Crippen LogP contribution in [0.25, 0.3) is 0 Å². The fraction of sp³-hybridized carbons (Fsp3) is 0.286. The number of hydrogen-bond donors (Lipinski definition) is 6. The predicted molar refractivity (Wildman–Crippen MR) is 129 cm³/mol. The van der Waals surface area contributed by atoms with Gasteiger partial charge in [0.1, 0.15) is 11.9 Å². The highest BCUT2D eigenvalue weighted by atomic mass is 79.9. The molecule has 1 aliphatic heterocycles. The summed E-state index contributed by atoms with van der Waals surface area (Å²) in [5, 5.41) is 30.3. The summed E-state index contributed by atoms with van der Waals surface area (Å²) in [6.07, 6.45) is 1.14. The van der Waals surface area contributed by atoms with Crippen molar-refractivity contribution in [2.24, 2.45) is 4.99 Å². The molecule has 1 unspecified atom stereocenters. The molecule has 0 saturated carbocycles. The van der Waals surface area contributed by atoms with E-state index in [2.05, 4.69) is 47.2 Å². The van der Waals surface area contributed by atoms with Crippen LogP contribution in [-0.4, -0.2) is 64.7 Å². The molecule has 0 spiro atoms. The van der Waals surface area contributed by atoms with Crippen molar-refractivity contribution in [1.29, 1.82) is 0 Å². The number of anilines is 1. The molecule has 3 rings (SSSR count). The number of aliphatic imine (C=N–C) groups is 1. The molecule has 1 aliphatic rings. The van der Waals surface area contributed by atoms with Crippen molar-refractivity contribution in [3.05, 3.63) is 51.2 Å². The standard InChI is InChI=1S/C21H21BrClFN6O5/c22-15-3-11(23)2-14(19(15)34)16(4-18(32)33)30-17(31)9-26-20(35)10-1-13(8-25-5-10)29-21-27-6-12(24)7-28-21/h1-3,5,8,12,16,34H,4,6-7,9H2,(H,26,35)(H,30,31)(H,32,33)(H2,27,28,29)/t16-/m0/s1. The van der Waals surface area contributed by atoms with Gasteiger partial charge in [0, 0.05) is 16.8 Å². The lowest BCUT2D eigenvalue weighted by molar-refractivity contribution is -0.137. The first-order chi connectivity index (χ1) is 16.6. The molecular formula is C21H21BrClFN6O5. The molecule has 2 amide bonds. The summed E-state index contributed by atoms with van der Waals surface area (Å²) in [7, 11) is 0. The second-order valence-electron chi connectivity index (χ2n) is 7.48. The number of carbonyl (C=O) groups is 3. The van der Waals surface area contributed by atoms with Gasteiger partial charge in [-0.15, -0.1) is 0 Å². The molecule has 0 aliphatic carbocycles. The third kappa shape index (κ3) is 7.52. The summed E-state index contributed by atoms with van der Waals surface area (Å²) in [6.45, 7) is -0.340. The molecule has 1 aromatic heterocycles. The zero-order chi connectivity index (χ0) is 25.5. The molecular weight excluding hydrogens is 551 g/mol. The molecule has 0 radical (unpaired) electrons. The SMILES string of the molecule is O=C(O)C[C@H](NC(=O)CNC(=O)c1cncc(NC2=NCC(F)CN2)c1)c1cc(Cl)cc(Br)c1O. The van der Waals surface area contributed by atoms with Gasteiger partial charge in [-0.25, -0.2) is 9.38 Å². The first-order valence-corrected chi connectivity index (χ1v) is 11.4. The van der Waals surface area contributed by atoms with Gasteiger partial charge in [0.25, 0.3) is 5.91 Å². The molecule has 2 aromatic rings. The number of nitrogens with zero attached hydrogens (tertiary/aromatic N) is 2. The number of aliphatic carboxylic acids is 1. The van der Waals surface area contributed by atoms with E-state index in [-0.39, 0.29) is 39.5 Å². The summed E-state index contributed by atoms with van der Waals surface area (Å²) in [6, 6.07) is 3.14. The number of phenolic OH excluding ortho intramolecular Hbond substituents is 1. The third-order valence-corrected chi connectivity index (χ3v) is 5.58. The monoisotopic (exact) mass is 570 g/mol. The molecule has 11 nitrogen and oxygen atoms in total. The smallest absolute Gasteiger partial charge is 0.305 e. The minimum Gasteiger partial charge on any atom is -0.506 e. The third-order valence-electron chi connectivity index (χ3n) is 4.76. The van der Waals surface area contributed by atoms with Crippen molar-refractivity contribution < 1.29 is 29.0 Å². The van der Waals surface area contributed by atoms with E-state index in [9.17, 15) is 29.0 Å². The second-order valence-corrected chi connectivity index (χ2v) is 8.77. The fourth-order valence-electron chi connectivity index (χ4n) is 3.14. The van der Waals surface area contributed by atoms with Crippen LogP contribution in [0.3, 0.4) is 0 Å². The van der Waals surface area contributed by atoms with E-state index in [0.717, 1.165) is 0 Å². The first kappa shape index (κ1) is 26.2. The van der Waals surface area contributed by atoms with Crippen molar-refractivity contribution in [1.82, 2.24) is 20.9 Å². The zero-order valence-corrected chi connectivity index (χ0v) is 20.4. The summed E-state index contributed by atoms with van der Waals surface area (Å²) in [5.74, 6) is -2.44. The van der Waals surface area contributed by atoms with E-state index in [1.165, 1.54) is 30.6 Å². The van der Waals surface area contributed by atoms with Crippen molar-refractivity contribution in [3.63, 3.8) is 0 Å². The van der Waals surface area contributed by atoms with Gasteiger partial charge in [-0.05, 0) is 34.1 Å². The molecule has 0 bridgehead atoms. The molecule has 186 valence electrons. The van der Waals surface area contributed by atoms with E-state index >= 15 is 0 Å². The quantitative estimate of drug-likeness (QED) is 0.280. The predicted octanol–water partition coefficient (Wildman–Crippen LogP) is 1.97. The van der Waals surface area contributed by atoms with Crippen LogP contribution in [0.5, 0.6) is 5.75 Å². The van der Waals surface area contributed by atoms with Crippen LogP contribution in [0.1, 0.15) is 28.4 Å². The van der Waals surface area contributed by atoms with Crippen LogP contribution in [-0.2, 0) is 9.59 Å². The van der Waals surface area contributed by atoms with Gasteiger partial charge in [0.2, 0.25) is 5.91 Å². The van der Waals surface area contributed by atoms with Crippen LogP contribution in [0, 0.1) is 0 Å². The molecule has 1 aromatic carbocycles. The Balaban J connectivity index is 1.62. The lowest BCUT2D eigenvalue weighted by Gasteiger charge is -2.20. The molecule has 14 heteroatoms. The average molecular weight is 572 g/mol. The number of alkyl halides is 1. The van der Waals surface area contributed by atoms with Crippen molar-refractivity contribution in [3.8, 4) is 5.75 Å². The van der Waals surface area contributed by atoms with E-state index < -0.39 is 43.0 Å². The average Bonchev–Trinajstić information content (AvgIpc) is 2.81. The molecule has 35 heavy (non-hydrogen) atoms. The maximum Gasteiger partial charge on any atom is 0.305 e. The minimum atomic E-state index is -1.22. The van der Waals surface area contributed by atoms with Crippen LogP contribution in [0.15, 0.2) is 40.1 Å². The number of aromatic nitrogens is 1. The number of phenols is 1. The number of pyridine rings is 1. The van der Waals surface area contributed by atoms with E-state index in [0.29, 0.717) is 11.6 Å². The second kappa shape index (κ2) is 11.8. The van der Waals surface area contributed by atoms with Gasteiger partial charge in [-0.3, -0.25) is 19.4 Å². The van der Waals surface area contributed by atoms with Crippen LogP contribution in [0.4, 0.5) is 10.1 Å². The lowest BCUT2D eigenvalue weighted by atomic mass is 10.0. The number of amides is 2. The van der Waals surface area contributed by atoms with Gasteiger partial charge in [0.05, 0.1) is 54.0 Å². The minimum absolute atomic E-state index is 0.0187. The van der Waals surface area contributed by atoms with Gasteiger partial charge in [0.15, 0.2) is 5.96 Å². The number of nitrogens with one attached hydrogen (secondary N) is 4. The maximum atomic E-state index is 13.2. The van der Waals surface area contributed by atoms with Gasteiger partial charge in [-0.1, -0.05) is 11.6 Å². The van der Waals surface area contributed by atoms with Gasteiger partial charge in [-0.2, -0.15) is 0 Å².